The Hall–Kier alpha value is -1.01. The first-order chi connectivity index (χ1) is 10.1. The van der Waals surface area contributed by atoms with Gasteiger partial charge in [-0.15, -0.1) is 0 Å². The van der Waals surface area contributed by atoms with Crippen molar-refractivity contribution in [3.8, 4) is 0 Å². The lowest BCUT2D eigenvalue weighted by Gasteiger charge is -2.31. The van der Waals surface area contributed by atoms with Gasteiger partial charge in [-0.2, -0.15) is 0 Å². The van der Waals surface area contributed by atoms with Crippen LogP contribution in [0.1, 0.15) is 23.6 Å². The Morgan fingerprint density at radius 3 is 2.52 bits per heavy atom. The third-order valence-corrected chi connectivity index (χ3v) is 3.55. The van der Waals surface area contributed by atoms with Crippen molar-refractivity contribution in [2.75, 3.05) is 47.1 Å². The van der Waals surface area contributed by atoms with Crippen molar-refractivity contribution >= 4 is 0 Å². The van der Waals surface area contributed by atoms with Gasteiger partial charge in [0.1, 0.15) is 5.82 Å². The van der Waals surface area contributed by atoms with Crippen molar-refractivity contribution in [1.82, 2.24) is 4.90 Å². The second-order valence-electron chi connectivity index (χ2n) is 5.15. The van der Waals surface area contributed by atoms with Crippen LogP contribution in [0.4, 0.5) is 4.39 Å². The fourth-order valence-electron chi connectivity index (χ4n) is 2.44. The van der Waals surface area contributed by atoms with E-state index in [4.69, 9.17) is 15.2 Å². The molecule has 0 radical (unpaired) electrons. The summed E-state index contributed by atoms with van der Waals surface area (Å²) < 4.78 is 24.4. The van der Waals surface area contributed by atoms with E-state index in [-0.39, 0.29) is 11.9 Å². The number of ether oxygens (including phenoxy) is 2. The number of aryl methyl sites for hydroxylation is 1. The fraction of sp³-hybridized carbons (Fsp3) is 0.625. The maximum absolute atomic E-state index is 14.1. The molecule has 0 fully saturated rings. The number of rotatable bonds is 10. The number of hydrogen-bond donors (Lipinski definition) is 1. The Labute approximate surface area is 127 Å². The number of methoxy groups -OCH3 is 2. The minimum atomic E-state index is -0.204. The van der Waals surface area contributed by atoms with E-state index >= 15 is 0 Å². The molecule has 1 rings (SSSR count). The first kappa shape index (κ1) is 18.0. The number of nitrogens with zero attached hydrogens (tertiary/aromatic N) is 1. The molecule has 1 aromatic rings. The molecule has 0 bridgehead atoms. The van der Waals surface area contributed by atoms with Gasteiger partial charge in [-0.05, 0) is 19.4 Å². The Bertz CT molecular complexity index is 415. The van der Waals surface area contributed by atoms with E-state index in [0.717, 1.165) is 25.1 Å². The summed E-state index contributed by atoms with van der Waals surface area (Å²) in [6, 6.07) is 5.02. The normalized spacial score (nSPS) is 12.9. The predicted octanol–water partition coefficient (Wildman–Crippen LogP) is 2.12. The van der Waals surface area contributed by atoms with Crippen LogP contribution in [0.2, 0.25) is 0 Å². The highest BCUT2D eigenvalue weighted by molar-refractivity contribution is 5.27. The van der Waals surface area contributed by atoms with E-state index in [1.54, 1.807) is 20.3 Å². The van der Waals surface area contributed by atoms with E-state index in [0.29, 0.717) is 25.3 Å². The van der Waals surface area contributed by atoms with Crippen LogP contribution in [-0.4, -0.2) is 52.0 Å². The zero-order valence-corrected chi connectivity index (χ0v) is 13.3. The standard InChI is InChI=1S/C16H27FN2O2/c1-13-5-6-15(17)14(11-13)16(12-18)19(8-10-21-3)7-4-9-20-2/h5-6,11,16H,4,7-10,12,18H2,1-3H3. The van der Waals surface area contributed by atoms with Crippen molar-refractivity contribution in [3.63, 3.8) is 0 Å². The maximum Gasteiger partial charge on any atom is 0.128 e. The van der Waals surface area contributed by atoms with Gasteiger partial charge in [0.15, 0.2) is 0 Å². The molecule has 0 amide bonds. The number of benzene rings is 1. The van der Waals surface area contributed by atoms with Gasteiger partial charge in [-0.25, -0.2) is 4.39 Å². The summed E-state index contributed by atoms with van der Waals surface area (Å²) >= 11 is 0. The van der Waals surface area contributed by atoms with Gasteiger partial charge >= 0.3 is 0 Å². The molecule has 2 N–H and O–H groups in total. The van der Waals surface area contributed by atoms with Crippen LogP contribution in [0.5, 0.6) is 0 Å². The number of hydrogen-bond acceptors (Lipinski definition) is 4. The highest BCUT2D eigenvalue weighted by Gasteiger charge is 2.21. The Morgan fingerprint density at radius 2 is 1.90 bits per heavy atom. The molecule has 0 aliphatic carbocycles. The molecule has 0 saturated heterocycles. The van der Waals surface area contributed by atoms with Crippen LogP contribution >= 0.6 is 0 Å². The average molecular weight is 298 g/mol. The van der Waals surface area contributed by atoms with Crippen molar-refractivity contribution in [2.45, 2.75) is 19.4 Å². The molecule has 0 aliphatic rings. The molecular weight excluding hydrogens is 271 g/mol. The molecule has 0 heterocycles. The summed E-state index contributed by atoms with van der Waals surface area (Å²) in [4.78, 5) is 2.17. The van der Waals surface area contributed by atoms with Gasteiger partial charge in [0, 0.05) is 46.0 Å². The largest absolute Gasteiger partial charge is 0.385 e. The van der Waals surface area contributed by atoms with Gasteiger partial charge in [-0.3, -0.25) is 4.90 Å². The number of nitrogens with two attached hydrogens (primary N) is 1. The van der Waals surface area contributed by atoms with Crippen LogP contribution in [0.15, 0.2) is 18.2 Å². The van der Waals surface area contributed by atoms with Gasteiger partial charge in [0.25, 0.3) is 0 Å². The van der Waals surface area contributed by atoms with E-state index in [1.807, 2.05) is 13.0 Å². The highest BCUT2D eigenvalue weighted by atomic mass is 19.1. The maximum atomic E-state index is 14.1. The van der Waals surface area contributed by atoms with Crippen molar-refractivity contribution in [1.29, 1.82) is 0 Å². The van der Waals surface area contributed by atoms with Crippen LogP contribution < -0.4 is 5.73 Å². The van der Waals surface area contributed by atoms with Crippen LogP contribution in [0, 0.1) is 12.7 Å². The van der Waals surface area contributed by atoms with Crippen LogP contribution in [0.3, 0.4) is 0 Å². The SMILES string of the molecule is COCCCN(CCOC)C(CN)c1cc(C)ccc1F. The number of halogens is 1. The average Bonchev–Trinajstić information content (AvgIpc) is 2.48. The molecule has 4 nitrogen and oxygen atoms in total. The molecule has 1 unspecified atom stereocenters. The smallest absolute Gasteiger partial charge is 0.128 e. The molecule has 0 saturated carbocycles. The summed E-state index contributed by atoms with van der Waals surface area (Å²) in [5, 5.41) is 0. The van der Waals surface area contributed by atoms with E-state index in [2.05, 4.69) is 4.90 Å². The van der Waals surface area contributed by atoms with Crippen LogP contribution in [0.25, 0.3) is 0 Å². The predicted molar refractivity (Wildman–Crippen MR) is 82.9 cm³/mol. The van der Waals surface area contributed by atoms with Crippen molar-refractivity contribution < 1.29 is 13.9 Å². The first-order valence-corrected chi connectivity index (χ1v) is 7.32. The zero-order chi connectivity index (χ0) is 15.7. The zero-order valence-electron chi connectivity index (χ0n) is 13.3. The van der Waals surface area contributed by atoms with Crippen LogP contribution in [-0.2, 0) is 9.47 Å². The quantitative estimate of drug-likeness (QED) is 0.672. The van der Waals surface area contributed by atoms with E-state index < -0.39 is 0 Å². The Balaban J connectivity index is 2.90. The van der Waals surface area contributed by atoms with Crippen molar-refractivity contribution in [3.05, 3.63) is 35.1 Å². The molecule has 0 aromatic heterocycles. The summed E-state index contributed by atoms with van der Waals surface area (Å²) in [5.41, 5.74) is 7.61. The van der Waals surface area contributed by atoms with Gasteiger partial charge in [0.05, 0.1) is 12.6 Å². The first-order valence-electron chi connectivity index (χ1n) is 7.32. The summed E-state index contributed by atoms with van der Waals surface area (Å²) in [6.45, 7) is 5.12. The van der Waals surface area contributed by atoms with Gasteiger partial charge < -0.3 is 15.2 Å². The molecular formula is C16H27FN2O2. The fourth-order valence-corrected chi connectivity index (χ4v) is 2.44. The third-order valence-electron chi connectivity index (χ3n) is 3.55. The summed E-state index contributed by atoms with van der Waals surface area (Å²) in [5.74, 6) is -0.204. The molecule has 1 atom stereocenters. The molecule has 0 spiro atoms. The lowest BCUT2D eigenvalue weighted by atomic mass is 10.0. The topological polar surface area (TPSA) is 47.7 Å². The minimum Gasteiger partial charge on any atom is -0.385 e. The second-order valence-corrected chi connectivity index (χ2v) is 5.15. The van der Waals surface area contributed by atoms with Gasteiger partial charge in [-0.1, -0.05) is 17.7 Å². The van der Waals surface area contributed by atoms with Gasteiger partial charge in [0.2, 0.25) is 0 Å². The monoisotopic (exact) mass is 298 g/mol. The lowest BCUT2D eigenvalue weighted by molar-refractivity contribution is 0.107. The van der Waals surface area contributed by atoms with E-state index in [1.165, 1.54) is 6.07 Å². The highest BCUT2D eigenvalue weighted by Crippen LogP contribution is 2.24. The molecule has 21 heavy (non-hydrogen) atoms. The molecule has 1 aromatic carbocycles. The summed E-state index contributed by atoms with van der Waals surface area (Å²) in [7, 11) is 3.35. The Morgan fingerprint density at radius 1 is 1.19 bits per heavy atom. The second kappa shape index (κ2) is 9.84. The third kappa shape index (κ3) is 5.71. The molecule has 5 heteroatoms. The van der Waals surface area contributed by atoms with E-state index in [9.17, 15) is 4.39 Å². The molecule has 120 valence electrons. The Kier molecular flexibility index (Phi) is 8.45. The molecule has 0 aliphatic heterocycles. The minimum absolute atomic E-state index is 0.142. The summed E-state index contributed by atoms with van der Waals surface area (Å²) in [6.07, 6.45) is 0.879. The lowest BCUT2D eigenvalue weighted by Crippen LogP contribution is -2.37. The van der Waals surface area contributed by atoms with Crippen molar-refractivity contribution in [2.24, 2.45) is 5.73 Å².